The van der Waals surface area contributed by atoms with E-state index in [1.807, 2.05) is 13.8 Å². The zero-order valence-electron chi connectivity index (χ0n) is 14.9. The third-order valence-corrected chi connectivity index (χ3v) is 5.83. The maximum Gasteiger partial charge on any atom is 0.243 e. The van der Waals surface area contributed by atoms with Crippen molar-refractivity contribution in [1.82, 2.24) is 9.62 Å². The number of nitrogens with one attached hydrogen (secondary N) is 1. The molecule has 0 aliphatic carbocycles. The van der Waals surface area contributed by atoms with E-state index in [0.29, 0.717) is 44.0 Å². The quantitative estimate of drug-likeness (QED) is 0.779. The van der Waals surface area contributed by atoms with Crippen molar-refractivity contribution in [3.63, 3.8) is 0 Å². The van der Waals surface area contributed by atoms with Crippen molar-refractivity contribution in [2.45, 2.75) is 37.6 Å². The van der Waals surface area contributed by atoms with E-state index >= 15 is 0 Å². The molecular formula is C17H26N2O5S. The predicted molar refractivity (Wildman–Crippen MR) is 94.2 cm³/mol. The van der Waals surface area contributed by atoms with E-state index in [0.717, 1.165) is 0 Å². The van der Waals surface area contributed by atoms with Crippen LogP contribution in [-0.2, 0) is 26.0 Å². The number of benzene rings is 1. The summed E-state index contributed by atoms with van der Waals surface area (Å²) in [4.78, 5) is 12.1. The van der Waals surface area contributed by atoms with Crippen LogP contribution in [0, 0.1) is 0 Å². The van der Waals surface area contributed by atoms with Crippen LogP contribution in [0.3, 0.4) is 0 Å². The largest absolute Gasteiger partial charge is 0.496 e. The zero-order valence-corrected chi connectivity index (χ0v) is 15.8. The summed E-state index contributed by atoms with van der Waals surface area (Å²) in [7, 11) is -2.04. The van der Waals surface area contributed by atoms with Crippen molar-refractivity contribution >= 4 is 15.9 Å². The SMILES string of the molecule is COc1ccc(S(=O)(=O)N2CCOCC2)cc1CCC(=O)NC(C)C. The molecule has 0 radical (unpaired) electrons. The first-order valence-electron chi connectivity index (χ1n) is 8.38. The number of morpholine rings is 1. The van der Waals surface area contributed by atoms with Crippen molar-refractivity contribution in [3.8, 4) is 5.75 Å². The molecule has 140 valence electrons. The van der Waals surface area contributed by atoms with E-state index in [2.05, 4.69) is 5.32 Å². The van der Waals surface area contributed by atoms with E-state index in [9.17, 15) is 13.2 Å². The van der Waals surface area contributed by atoms with Crippen LogP contribution in [0.1, 0.15) is 25.8 Å². The fraction of sp³-hybridized carbons (Fsp3) is 0.588. The van der Waals surface area contributed by atoms with Gasteiger partial charge in [-0.05, 0) is 44.0 Å². The van der Waals surface area contributed by atoms with Gasteiger partial charge in [-0.15, -0.1) is 0 Å². The molecule has 1 heterocycles. The molecule has 0 unspecified atom stereocenters. The van der Waals surface area contributed by atoms with Crippen molar-refractivity contribution in [3.05, 3.63) is 23.8 Å². The molecule has 0 aromatic heterocycles. The number of methoxy groups -OCH3 is 1. The van der Waals surface area contributed by atoms with E-state index in [1.165, 1.54) is 11.4 Å². The lowest BCUT2D eigenvalue weighted by atomic mass is 10.1. The number of hydrogen-bond acceptors (Lipinski definition) is 5. The molecule has 1 fully saturated rings. The summed E-state index contributed by atoms with van der Waals surface area (Å²) in [6.07, 6.45) is 0.684. The molecule has 8 heteroatoms. The summed E-state index contributed by atoms with van der Waals surface area (Å²) < 4.78 is 37.5. The van der Waals surface area contributed by atoms with Crippen molar-refractivity contribution < 1.29 is 22.7 Å². The Bertz CT molecular complexity index is 697. The third kappa shape index (κ3) is 5.17. The van der Waals surface area contributed by atoms with Gasteiger partial charge in [0.15, 0.2) is 0 Å². The third-order valence-electron chi connectivity index (χ3n) is 3.93. The van der Waals surface area contributed by atoms with E-state index < -0.39 is 10.0 Å². The summed E-state index contributed by atoms with van der Waals surface area (Å²) in [5.74, 6) is 0.511. The number of sulfonamides is 1. The van der Waals surface area contributed by atoms with E-state index in [4.69, 9.17) is 9.47 Å². The minimum atomic E-state index is -3.57. The summed E-state index contributed by atoms with van der Waals surface area (Å²) in [5.41, 5.74) is 0.704. The molecule has 0 bridgehead atoms. The van der Waals surface area contributed by atoms with Gasteiger partial charge >= 0.3 is 0 Å². The minimum absolute atomic E-state index is 0.0708. The molecule has 1 aliphatic rings. The number of carbonyl (C=O) groups excluding carboxylic acids is 1. The highest BCUT2D eigenvalue weighted by atomic mass is 32.2. The highest BCUT2D eigenvalue weighted by Gasteiger charge is 2.27. The van der Waals surface area contributed by atoms with Gasteiger partial charge < -0.3 is 14.8 Å². The van der Waals surface area contributed by atoms with Crippen LogP contribution < -0.4 is 10.1 Å². The smallest absolute Gasteiger partial charge is 0.243 e. The average molecular weight is 370 g/mol. The monoisotopic (exact) mass is 370 g/mol. The Kier molecular flexibility index (Phi) is 6.80. The minimum Gasteiger partial charge on any atom is -0.496 e. The Morgan fingerprint density at radius 1 is 1.32 bits per heavy atom. The lowest BCUT2D eigenvalue weighted by Crippen LogP contribution is -2.40. The van der Waals surface area contributed by atoms with Crippen LogP contribution in [0.25, 0.3) is 0 Å². The first-order chi connectivity index (χ1) is 11.8. The Morgan fingerprint density at radius 3 is 2.60 bits per heavy atom. The Morgan fingerprint density at radius 2 is 2.00 bits per heavy atom. The van der Waals surface area contributed by atoms with E-state index in [-0.39, 0.29) is 23.3 Å². The van der Waals surface area contributed by atoms with Crippen molar-refractivity contribution in [2.75, 3.05) is 33.4 Å². The van der Waals surface area contributed by atoms with Gasteiger partial charge in [0, 0.05) is 25.6 Å². The Labute approximate surface area is 149 Å². The summed E-state index contributed by atoms with van der Waals surface area (Å²) in [6.45, 7) is 5.29. The zero-order chi connectivity index (χ0) is 18.4. The molecule has 1 N–H and O–H groups in total. The summed E-state index contributed by atoms with van der Waals surface area (Å²) in [5, 5.41) is 2.83. The molecule has 1 aromatic carbocycles. The highest BCUT2D eigenvalue weighted by molar-refractivity contribution is 7.89. The van der Waals surface area contributed by atoms with Gasteiger partial charge in [-0.3, -0.25) is 4.79 Å². The van der Waals surface area contributed by atoms with Gasteiger partial charge in [0.1, 0.15) is 5.75 Å². The molecule has 25 heavy (non-hydrogen) atoms. The number of rotatable bonds is 7. The fourth-order valence-electron chi connectivity index (χ4n) is 2.69. The Hall–Kier alpha value is -1.64. The normalized spacial score (nSPS) is 16.0. The predicted octanol–water partition coefficient (Wildman–Crippen LogP) is 1.17. The first kappa shape index (κ1) is 19.7. The second-order valence-electron chi connectivity index (χ2n) is 6.21. The van der Waals surface area contributed by atoms with Crippen LogP contribution in [0.2, 0.25) is 0 Å². The molecule has 2 rings (SSSR count). The Balaban J connectivity index is 2.19. The molecule has 7 nitrogen and oxygen atoms in total. The highest BCUT2D eigenvalue weighted by Crippen LogP contribution is 2.26. The number of carbonyl (C=O) groups is 1. The van der Waals surface area contributed by atoms with Gasteiger partial charge in [-0.1, -0.05) is 0 Å². The van der Waals surface area contributed by atoms with Gasteiger partial charge in [0.2, 0.25) is 15.9 Å². The lowest BCUT2D eigenvalue weighted by Gasteiger charge is -2.26. The molecule has 1 amide bonds. The topological polar surface area (TPSA) is 84.9 Å². The number of ether oxygens (including phenoxy) is 2. The molecule has 1 aromatic rings. The van der Waals surface area contributed by atoms with Crippen LogP contribution in [0.15, 0.2) is 23.1 Å². The molecule has 0 saturated carbocycles. The second-order valence-corrected chi connectivity index (χ2v) is 8.15. The number of hydrogen-bond donors (Lipinski definition) is 1. The van der Waals surface area contributed by atoms with Crippen molar-refractivity contribution in [2.24, 2.45) is 0 Å². The second kappa shape index (κ2) is 8.64. The van der Waals surface area contributed by atoms with E-state index in [1.54, 1.807) is 18.2 Å². The molecule has 0 spiro atoms. The lowest BCUT2D eigenvalue weighted by molar-refractivity contribution is -0.121. The van der Waals surface area contributed by atoms with Crippen LogP contribution in [0.4, 0.5) is 0 Å². The van der Waals surface area contributed by atoms with Gasteiger partial charge in [-0.2, -0.15) is 4.31 Å². The van der Waals surface area contributed by atoms with Crippen molar-refractivity contribution in [1.29, 1.82) is 0 Å². The van der Waals surface area contributed by atoms with Crippen LogP contribution >= 0.6 is 0 Å². The van der Waals surface area contributed by atoms with Gasteiger partial charge in [-0.25, -0.2) is 8.42 Å². The summed E-state index contributed by atoms with van der Waals surface area (Å²) >= 11 is 0. The summed E-state index contributed by atoms with van der Waals surface area (Å²) in [6, 6.07) is 4.86. The molecular weight excluding hydrogens is 344 g/mol. The molecule has 1 saturated heterocycles. The maximum absolute atomic E-state index is 12.8. The number of amides is 1. The first-order valence-corrected chi connectivity index (χ1v) is 9.82. The van der Waals surface area contributed by atoms with Gasteiger partial charge in [0.25, 0.3) is 0 Å². The number of nitrogens with zero attached hydrogens (tertiary/aromatic N) is 1. The fourth-order valence-corrected chi connectivity index (χ4v) is 4.15. The number of aryl methyl sites for hydroxylation is 1. The average Bonchev–Trinajstić information content (AvgIpc) is 2.59. The van der Waals surface area contributed by atoms with Crippen LogP contribution in [0.5, 0.6) is 5.75 Å². The molecule has 0 atom stereocenters. The van der Waals surface area contributed by atoms with Gasteiger partial charge in [0.05, 0.1) is 25.2 Å². The maximum atomic E-state index is 12.8. The van der Waals surface area contributed by atoms with Crippen LogP contribution in [-0.4, -0.2) is 58.1 Å². The molecule has 1 aliphatic heterocycles. The standard InChI is InChI=1S/C17H26N2O5S/c1-13(2)18-17(20)7-4-14-12-15(5-6-16(14)23-3)25(21,22)19-8-10-24-11-9-19/h5-6,12-13H,4,7-11H2,1-3H3,(H,18,20).